The molecule has 0 aliphatic carbocycles. The van der Waals surface area contributed by atoms with Crippen LogP contribution >= 0.6 is 38.6 Å². The van der Waals surface area contributed by atoms with E-state index in [0.29, 0.717) is 19.5 Å². The zero-order valence-corrected chi connectivity index (χ0v) is 30.2. The molecular weight excluding hydrogens is 699 g/mol. The molecule has 0 spiro atoms. The van der Waals surface area contributed by atoms with E-state index < -0.39 is 11.2 Å². The summed E-state index contributed by atoms with van der Waals surface area (Å²) in [6.07, 6.45) is 0.920. The van der Waals surface area contributed by atoms with Crippen molar-refractivity contribution in [1.82, 2.24) is 9.80 Å². The molecule has 252 valence electrons. The van der Waals surface area contributed by atoms with Crippen LogP contribution < -0.4 is 0 Å². The predicted molar refractivity (Wildman–Crippen MR) is 193 cm³/mol. The minimum absolute atomic E-state index is 0. The molecular formula is C37H44BrFN2O4S2. The maximum Gasteiger partial charge on any atom is 0.411 e. The first kappa shape index (κ1) is 36.6. The molecule has 2 aliphatic rings. The number of hydrogen-bond donors (Lipinski definition) is 0. The number of hydrogen-bond acceptors (Lipinski definition) is 6. The maximum absolute atomic E-state index is 13.8. The number of rotatable bonds is 2. The van der Waals surface area contributed by atoms with Crippen LogP contribution in [0.25, 0.3) is 0 Å². The monoisotopic (exact) mass is 742 g/mol. The van der Waals surface area contributed by atoms with Crippen LogP contribution in [0.5, 0.6) is 0 Å². The zero-order valence-electron chi connectivity index (χ0n) is 27.0. The molecule has 0 N–H and O–H groups in total. The van der Waals surface area contributed by atoms with Gasteiger partial charge >= 0.3 is 12.2 Å². The van der Waals surface area contributed by atoms with Crippen molar-refractivity contribution in [2.45, 2.75) is 85.1 Å². The Labute approximate surface area is 294 Å². The number of fused-ring (bicyclic) bond motifs is 2. The standard InChI is InChI=1S/C18H20BrNO2S.C18H20FNO2S.CH4/c2*1-18(2,3)22-17(21)20-10-9-14-13(11-15(19)23-14)16(20)12-7-5-4-6-8-12;/h2*4-8,11,16H,9-10H2,1-3H3;1H4. The summed E-state index contributed by atoms with van der Waals surface area (Å²) in [6.45, 7) is 12.5. The van der Waals surface area contributed by atoms with Crippen LogP contribution in [-0.4, -0.2) is 46.3 Å². The molecule has 6 nitrogen and oxygen atoms in total. The third-order valence-electron chi connectivity index (χ3n) is 7.48. The van der Waals surface area contributed by atoms with Gasteiger partial charge in [0, 0.05) is 29.3 Å². The van der Waals surface area contributed by atoms with Crippen LogP contribution in [-0.2, 0) is 22.3 Å². The molecule has 47 heavy (non-hydrogen) atoms. The summed E-state index contributed by atoms with van der Waals surface area (Å²) in [6, 6.07) is 23.2. The molecule has 0 saturated carbocycles. The number of halogens is 2. The SMILES string of the molecule is C.CC(C)(C)OC(=O)N1CCc2sc(Br)cc2C1c1ccccc1.CC(C)(C)OC(=O)N1CCc2sc(F)cc2C1c1ccccc1. The van der Waals surface area contributed by atoms with Crippen LogP contribution in [0.4, 0.5) is 14.0 Å². The van der Waals surface area contributed by atoms with Gasteiger partial charge in [0.2, 0.25) is 0 Å². The van der Waals surface area contributed by atoms with E-state index in [-0.39, 0.29) is 36.8 Å². The minimum Gasteiger partial charge on any atom is -0.444 e. The Balaban J connectivity index is 0.000000208. The molecule has 10 heteroatoms. The predicted octanol–water partition coefficient (Wildman–Crippen LogP) is 10.8. The molecule has 2 unspecified atom stereocenters. The Morgan fingerprint density at radius 3 is 1.55 bits per heavy atom. The van der Waals surface area contributed by atoms with Gasteiger partial charge in [-0.2, -0.15) is 4.39 Å². The van der Waals surface area contributed by atoms with Crippen molar-refractivity contribution >= 4 is 50.8 Å². The third kappa shape index (κ3) is 9.03. The lowest BCUT2D eigenvalue weighted by molar-refractivity contribution is 0.0169. The first-order valence-corrected chi connectivity index (χ1v) is 17.8. The van der Waals surface area contributed by atoms with Gasteiger partial charge in [0.25, 0.3) is 0 Å². The topological polar surface area (TPSA) is 59.1 Å². The van der Waals surface area contributed by atoms with Crippen molar-refractivity contribution in [2.24, 2.45) is 0 Å². The molecule has 0 bridgehead atoms. The number of carbonyl (C=O) groups excluding carboxylic acids is 2. The largest absolute Gasteiger partial charge is 0.444 e. The van der Waals surface area contributed by atoms with E-state index in [4.69, 9.17) is 9.47 Å². The molecule has 2 aliphatic heterocycles. The van der Waals surface area contributed by atoms with Crippen LogP contribution in [0.1, 0.15) is 93.1 Å². The lowest BCUT2D eigenvalue weighted by Gasteiger charge is -2.37. The van der Waals surface area contributed by atoms with Gasteiger partial charge in [-0.3, -0.25) is 9.80 Å². The number of nitrogens with zero attached hydrogens (tertiary/aromatic N) is 2. The van der Waals surface area contributed by atoms with E-state index in [1.165, 1.54) is 21.8 Å². The molecule has 4 aromatic rings. The Kier molecular flexibility index (Phi) is 11.6. The highest BCUT2D eigenvalue weighted by Crippen LogP contribution is 2.42. The number of ether oxygens (including phenoxy) is 2. The minimum atomic E-state index is -0.557. The van der Waals surface area contributed by atoms with Gasteiger partial charge in [-0.15, -0.1) is 22.7 Å². The van der Waals surface area contributed by atoms with Crippen LogP contribution in [0.3, 0.4) is 0 Å². The van der Waals surface area contributed by atoms with E-state index in [2.05, 4.69) is 34.1 Å². The van der Waals surface area contributed by atoms with Crippen molar-refractivity contribution < 1.29 is 23.5 Å². The van der Waals surface area contributed by atoms with Gasteiger partial charge in [0.1, 0.15) is 11.2 Å². The summed E-state index contributed by atoms with van der Waals surface area (Å²) in [5, 5.41) is -0.207. The third-order valence-corrected chi connectivity index (χ3v) is 10.2. The zero-order chi connectivity index (χ0) is 33.2. The molecule has 0 fully saturated rings. The Bertz CT molecular complexity index is 1540. The fraction of sp³-hybridized carbons (Fsp3) is 0.405. The van der Waals surface area contributed by atoms with Crippen molar-refractivity contribution in [2.75, 3.05) is 13.1 Å². The normalized spacial score (nSPS) is 17.4. The van der Waals surface area contributed by atoms with Crippen LogP contribution in [0.2, 0.25) is 0 Å². The van der Waals surface area contributed by atoms with Gasteiger partial charge in [0.05, 0.1) is 15.9 Å². The molecule has 2 aromatic carbocycles. The van der Waals surface area contributed by atoms with Gasteiger partial charge < -0.3 is 9.47 Å². The summed E-state index contributed by atoms with van der Waals surface area (Å²) in [7, 11) is 0. The first-order valence-electron chi connectivity index (χ1n) is 15.4. The molecule has 2 aromatic heterocycles. The summed E-state index contributed by atoms with van der Waals surface area (Å²) in [5.41, 5.74) is 3.11. The molecule has 0 radical (unpaired) electrons. The molecule has 0 saturated heterocycles. The second kappa shape index (κ2) is 14.9. The quantitative estimate of drug-likeness (QED) is 0.205. The van der Waals surface area contributed by atoms with Crippen molar-refractivity contribution in [3.05, 3.63) is 114 Å². The number of carbonyl (C=O) groups is 2. The van der Waals surface area contributed by atoms with Crippen molar-refractivity contribution in [3.63, 3.8) is 0 Å². The number of benzene rings is 2. The highest BCUT2D eigenvalue weighted by Gasteiger charge is 2.37. The summed E-state index contributed by atoms with van der Waals surface area (Å²) < 4.78 is 26.0. The smallest absolute Gasteiger partial charge is 0.411 e. The van der Waals surface area contributed by atoms with Gasteiger partial charge in [0.15, 0.2) is 5.13 Å². The lowest BCUT2D eigenvalue weighted by Crippen LogP contribution is -2.43. The number of amides is 2. The number of thiophene rings is 2. The molecule has 2 atom stereocenters. The summed E-state index contributed by atoms with van der Waals surface area (Å²) in [5.74, 6) is 0. The highest BCUT2D eigenvalue weighted by atomic mass is 79.9. The fourth-order valence-electron chi connectivity index (χ4n) is 5.73. The Morgan fingerprint density at radius 2 is 1.13 bits per heavy atom. The van der Waals surface area contributed by atoms with Crippen LogP contribution in [0.15, 0.2) is 76.6 Å². The summed E-state index contributed by atoms with van der Waals surface area (Å²) in [4.78, 5) is 31.2. The Hall–Kier alpha value is -3.21. The van der Waals surface area contributed by atoms with Crippen molar-refractivity contribution in [3.8, 4) is 0 Å². The van der Waals surface area contributed by atoms with Gasteiger partial charge in [-0.1, -0.05) is 68.1 Å². The van der Waals surface area contributed by atoms with E-state index in [0.717, 1.165) is 31.8 Å². The molecule has 4 heterocycles. The summed E-state index contributed by atoms with van der Waals surface area (Å²) >= 11 is 6.51. The second-order valence-corrected chi connectivity index (χ2v) is 16.9. The van der Waals surface area contributed by atoms with Crippen molar-refractivity contribution in [1.29, 1.82) is 0 Å². The first-order chi connectivity index (χ1) is 21.7. The van der Waals surface area contributed by atoms with E-state index in [9.17, 15) is 14.0 Å². The van der Waals surface area contributed by atoms with Gasteiger partial charge in [-0.25, -0.2) is 9.59 Å². The van der Waals surface area contributed by atoms with Gasteiger partial charge in [-0.05, 0) is 98.3 Å². The average molecular weight is 744 g/mol. The fourth-order valence-corrected chi connectivity index (χ4v) is 8.37. The average Bonchev–Trinajstić information content (AvgIpc) is 3.56. The lowest BCUT2D eigenvalue weighted by atomic mass is 9.93. The van der Waals surface area contributed by atoms with E-state index >= 15 is 0 Å². The molecule has 6 rings (SSSR count). The van der Waals surface area contributed by atoms with Crippen LogP contribution in [0, 0.1) is 5.13 Å². The Morgan fingerprint density at radius 1 is 0.723 bits per heavy atom. The highest BCUT2D eigenvalue weighted by molar-refractivity contribution is 9.11. The maximum atomic E-state index is 13.8. The molecule has 2 amide bonds. The van der Waals surface area contributed by atoms with E-state index in [1.807, 2.05) is 95.0 Å². The second-order valence-electron chi connectivity index (χ2n) is 13.3. The van der Waals surface area contributed by atoms with E-state index in [1.54, 1.807) is 22.3 Å².